The molecule has 30 heavy (non-hydrogen) atoms. The van der Waals surface area contributed by atoms with Crippen molar-refractivity contribution in [2.75, 3.05) is 4.90 Å². The third-order valence-electron chi connectivity index (χ3n) is 5.32. The molecule has 1 atom stereocenters. The van der Waals surface area contributed by atoms with Crippen LogP contribution in [0.15, 0.2) is 60.3 Å². The first-order valence-electron chi connectivity index (χ1n) is 9.67. The largest absolute Gasteiger partial charge is 0.344 e. The Hall–Kier alpha value is -3.74. The number of rotatable bonds is 4. The van der Waals surface area contributed by atoms with Crippen molar-refractivity contribution >= 4 is 40.5 Å². The Labute approximate surface area is 172 Å². The number of benzene rings is 2. The predicted octanol–water partition coefficient (Wildman–Crippen LogP) is 4.42. The molecule has 0 radical (unpaired) electrons. The summed E-state index contributed by atoms with van der Waals surface area (Å²) in [5, 5.41) is 3.09. The summed E-state index contributed by atoms with van der Waals surface area (Å²) in [6.07, 6.45) is 4.33. The van der Waals surface area contributed by atoms with Crippen molar-refractivity contribution in [1.82, 2.24) is 9.88 Å². The number of halogens is 1. The number of para-hydroxylation sites is 1. The van der Waals surface area contributed by atoms with E-state index in [4.69, 9.17) is 0 Å². The average molecular weight is 405 g/mol. The molecule has 6 nitrogen and oxygen atoms in total. The summed E-state index contributed by atoms with van der Waals surface area (Å²) in [4.78, 5) is 38.6. The van der Waals surface area contributed by atoms with Gasteiger partial charge in [0.1, 0.15) is 11.4 Å². The van der Waals surface area contributed by atoms with Crippen LogP contribution in [0.1, 0.15) is 31.9 Å². The smallest absolute Gasteiger partial charge is 0.335 e. The lowest BCUT2D eigenvalue weighted by Gasteiger charge is -2.26. The molecule has 7 heteroatoms. The Morgan fingerprint density at radius 2 is 1.77 bits per heavy atom. The van der Waals surface area contributed by atoms with E-state index in [1.165, 1.54) is 18.2 Å². The van der Waals surface area contributed by atoms with E-state index in [0.29, 0.717) is 5.56 Å². The number of hydrogen-bond acceptors (Lipinski definition) is 3. The Morgan fingerprint density at radius 1 is 1.07 bits per heavy atom. The normalized spacial score (nSPS) is 17.0. The number of fused-ring (bicyclic) bond motifs is 1. The van der Waals surface area contributed by atoms with Crippen LogP contribution in [0.4, 0.5) is 14.9 Å². The summed E-state index contributed by atoms with van der Waals surface area (Å²) in [6.45, 7) is 4.18. The first-order chi connectivity index (χ1) is 14.4. The standard InChI is InChI=1S/C23H20FN3O3/c1-3-14(2)26-13-15(18-6-4-5-7-20(18)26)12-19-21(28)25-23(30)27(22(19)29)17-10-8-16(24)9-11-17/h4-14H,3H2,1-2H3,(H,25,28,30)/b19-12+. The number of barbiturate groups is 1. The molecule has 1 saturated heterocycles. The fourth-order valence-electron chi connectivity index (χ4n) is 3.55. The Balaban J connectivity index is 1.81. The van der Waals surface area contributed by atoms with Crippen LogP contribution in [0, 0.1) is 5.82 Å². The van der Waals surface area contributed by atoms with Crippen molar-refractivity contribution in [2.45, 2.75) is 26.3 Å². The highest BCUT2D eigenvalue weighted by molar-refractivity contribution is 6.39. The summed E-state index contributed by atoms with van der Waals surface area (Å²) in [5.41, 5.74) is 1.72. The second-order valence-corrected chi connectivity index (χ2v) is 7.20. The molecule has 1 fully saturated rings. The zero-order chi connectivity index (χ0) is 21.4. The van der Waals surface area contributed by atoms with Gasteiger partial charge in [0.05, 0.1) is 5.69 Å². The van der Waals surface area contributed by atoms with Gasteiger partial charge in [-0.05, 0) is 49.8 Å². The van der Waals surface area contributed by atoms with E-state index in [2.05, 4.69) is 23.7 Å². The molecule has 152 valence electrons. The molecule has 1 aliphatic heterocycles. The number of carbonyl (C=O) groups excluding carboxylic acids is 3. The van der Waals surface area contributed by atoms with Crippen LogP contribution in [0.3, 0.4) is 0 Å². The van der Waals surface area contributed by atoms with Gasteiger partial charge in [-0.1, -0.05) is 25.1 Å². The van der Waals surface area contributed by atoms with Gasteiger partial charge in [0.15, 0.2) is 0 Å². The number of imide groups is 2. The van der Waals surface area contributed by atoms with E-state index >= 15 is 0 Å². The van der Waals surface area contributed by atoms with Gasteiger partial charge in [0, 0.05) is 28.7 Å². The quantitative estimate of drug-likeness (QED) is 0.516. The number of aromatic nitrogens is 1. The predicted molar refractivity (Wildman–Crippen MR) is 112 cm³/mol. The van der Waals surface area contributed by atoms with Crippen LogP contribution >= 0.6 is 0 Å². The van der Waals surface area contributed by atoms with Crippen molar-refractivity contribution in [3.63, 3.8) is 0 Å². The summed E-state index contributed by atoms with van der Waals surface area (Å²) in [6, 6.07) is 12.0. The highest BCUT2D eigenvalue weighted by Gasteiger charge is 2.37. The van der Waals surface area contributed by atoms with E-state index in [0.717, 1.165) is 34.4 Å². The van der Waals surface area contributed by atoms with Crippen molar-refractivity contribution in [2.24, 2.45) is 0 Å². The lowest BCUT2D eigenvalue weighted by Crippen LogP contribution is -2.54. The monoisotopic (exact) mass is 405 g/mol. The van der Waals surface area contributed by atoms with Gasteiger partial charge < -0.3 is 4.57 Å². The second kappa shape index (κ2) is 7.59. The zero-order valence-electron chi connectivity index (χ0n) is 16.6. The minimum Gasteiger partial charge on any atom is -0.344 e. The van der Waals surface area contributed by atoms with Gasteiger partial charge in [-0.2, -0.15) is 0 Å². The highest BCUT2D eigenvalue weighted by Crippen LogP contribution is 2.29. The molecule has 1 aliphatic rings. The van der Waals surface area contributed by atoms with Crippen LogP contribution in [0.25, 0.3) is 17.0 Å². The van der Waals surface area contributed by atoms with Gasteiger partial charge in [-0.3, -0.25) is 14.9 Å². The number of anilines is 1. The molecule has 0 spiro atoms. The lowest BCUT2D eigenvalue weighted by atomic mass is 10.1. The number of nitrogens with one attached hydrogen (secondary N) is 1. The molecular formula is C23H20FN3O3. The topological polar surface area (TPSA) is 71.4 Å². The first-order valence-corrected chi connectivity index (χ1v) is 9.67. The molecule has 1 unspecified atom stereocenters. The van der Waals surface area contributed by atoms with Crippen LogP contribution in [-0.4, -0.2) is 22.4 Å². The van der Waals surface area contributed by atoms with E-state index < -0.39 is 23.7 Å². The molecule has 4 rings (SSSR count). The van der Waals surface area contributed by atoms with E-state index in [9.17, 15) is 18.8 Å². The van der Waals surface area contributed by atoms with Crippen molar-refractivity contribution in [3.05, 3.63) is 71.7 Å². The summed E-state index contributed by atoms with van der Waals surface area (Å²) < 4.78 is 15.4. The Kier molecular flexibility index (Phi) is 4.95. The number of nitrogens with zero attached hydrogens (tertiary/aromatic N) is 2. The van der Waals surface area contributed by atoms with Gasteiger partial charge in [-0.15, -0.1) is 0 Å². The van der Waals surface area contributed by atoms with Gasteiger partial charge in [-0.25, -0.2) is 14.1 Å². The fraction of sp³-hybridized carbons (Fsp3) is 0.174. The number of amides is 4. The summed E-state index contributed by atoms with van der Waals surface area (Å²) >= 11 is 0. The summed E-state index contributed by atoms with van der Waals surface area (Å²) in [7, 11) is 0. The third kappa shape index (κ3) is 3.28. The summed E-state index contributed by atoms with van der Waals surface area (Å²) in [5.74, 6) is -2.01. The number of carbonyl (C=O) groups is 3. The molecule has 4 amide bonds. The molecular weight excluding hydrogens is 385 g/mol. The van der Waals surface area contributed by atoms with Crippen LogP contribution in [0.5, 0.6) is 0 Å². The molecule has 0 saturated carbocycles. The Bertz CT molecular complexity index is 1190. The van der Waals surface area contributed by atoms with Crippen LogP contribution in [0.2, 0.25) is 0 Å². The maximum absolute atomic E-state index is 13.2. The van der Waals surface area contributed by atoms with Gasteiger partial charge in [0.25, 0.3) is 11.8 Å². The molecule has 1 N–H and O–H groups in total. The van der Waals surface area contributed by atoms with Gasteiger partial charge >= 0.3 is 6.03 Å². The molecule has 2 aromatic carbocycles. The highest BCUT2D eigenvalue weighted by atomic mass is 19.1. The van der Waals surface area contributed by atoms with Crippen molar-refractivity contribution in [1.29, 1.82) is 0 Å². The van der Waals surface area contributed by atoms with E-state index in [1.54, 1.807) is 0 Å². The van der Waals surface area contributed by atoms with Crippen molar-refractivity contribution < 1.29 is 18.8 Å². The molecule has 2 heterocycles. The zero-order valence-corrected chi connectivity index (χ0v) is 16.6. The second-order valence-electron chi connectivity index (χ2n) is 7.20. The maximum Gasteiger partial charge on any atom is 0.335 e. The average Bonchev–Trinajstić information content (AvgIpc) is 3.10. The first kappa shape index (κ1) is 19.6. The fourth-order valence-corrected chi connectivity index (χ4v) is 3.55. The molecule has 0 aliphatic carbocycles. The Morgan fingerprint density at radius 3 is 2.47 bits per heavy atom. The number of urea groups is 1. The van der Waals surface area contributed by atoms with Crippen LogP contribution < -0.4 is 10.2 Å². The van der Waals surface area contributed by atoms with Crippen molar-refractivity contribution in [3.8, 4) is 0 Å². The SMILES string of the molecule is CCC(C)n1cc(/C=C2\C(=O)NC(=O)N(c3ccc(F)cc3)C2=O)c2ccccc21. The minimum atomic E-state index is -0.865. The number of hydrogen-bond donors (Lipinski definition) is 1. The molecule has 3 aromatic rings. The molecule has 1 aromatic heterocycles. The lowest BCUT2D eigenvalue weighted by molar-refractivity contribution is -0.122. The maximum atomic E-state index is 13.2. The van der Waals surface area contributed by atoms with Gasteiger partial charge in [0.2, 0.25) is 0 Å². The third-order valence-corrected chi connectivity index (χ3v) is 5.32. The molecule has 0 bridgehead atoms. The van der Waals surface area contributed by atoms with E-state index in [-0.39, 0.29) is 17.3 Å². The van der Waals surface area contributed by atoms with Crippen LogP contribution in [-0.2, 0) is 9.59 Å². The minimum absolute atomic E-state index is 0.161. The van der Waals surface area contributed by atoms with E-state index in [1.807, 2.05) is 30.5 Å².